The highest BCUT2D eigenvalue weighted by Gasteiger charge is 2.33. The molecule has 1 heterocycles. The number of allylic oxidation sites excluding steroid dienone is 2. The van der Waals surface area contributed by atoms with E-state index >= 15 is 0 Å². The van der Waals surface area contributed by atoms with Crippen LogP contribution in [0.25, 0.3) is 0 Å². The first kappa shape index (κ1) is 8.25. The fourth-order valence-corrected chi connectivity index (χ4v) is 1.16. The van der Waals surface area contributed by atoms with Crippen molar-refractivity contribution in [3.63, 3.8) is 0 Å². The first-order chi connectivity index (χ1) is 4.96. The topological polar surface area (TPSA) is 98.2 Å². The van der Waals surface area contributed by atoms with Crippen LogP contribution >= 0.6 is 0 Å². The maximum absolute atomic E-state index is 10.8. The monoisotopic (exact) mass is 175 g/mol. The number of nitrogens with one attached hydrogen (secondary N) is 1. The largest absolute Gasteiger partial charge is 0.357 e. The summed E-state index contributed by atoms with van der Waals surface area (Å²) in [4.78, 5) is -1.65. The molecular formula is C5H9N3O2S. The molecule has 0 fully saturated rings. The summed E-state index contributed by atoms with van der Waals surface area (Å²) >= 11 is 0. The minimum absolute atomic E-state index is 1.28. The van der Waals surface area contributed by atoms with Gasteiger partial charge in [-0.3, -0.25) is 5.73 Å². The average Bonchev–Trinajstić information content (AvgIpc) is 1.87. The van der Waals surface area contributed by atoms with E-state index in [1.807, 2.05) is 0 Å². The molecule has 5 N–H and O–H groups in total. The SMILES string of the molecule is NC1(S(N)(=O)=O)C=CC=CN1. The van der Waals surface area contributed by atoms with Crippen molar-refractivity contribution in [2.45, 2.75) is 4.99 Å². The second kappa shape index (κ2) is 2.33. The molecule has 0 saturated heterocycles. The van der Waals surface area contributed by atoms with Crippen LogP contribution in [-0.2, 0) is 10.0 Å². The first-order valence-electron chi connectivity index (χ1n) is 2.89. The van der Waals surface area contributed by atoms with E-state index in [1.165, 1.54) is 18.4 Å². The van der Waals surface area contributed by atoms with Crippen LogP contribution in [-0.4, -0.2) is 13.4 Å². The number of dihydropyridines is 1. The zero-order chi connectivity index (χ0) is 8.54. The highest BCUT2D eigenvalue weighted by Crippen LogP contribution is 2.07. The first-order valence-corrected chi connectivity index (χ1v) is 4.44. The quantitative estimate of drug-likeness (QED) is 0.454. The summed E-state index contributed by atoms with van der Waals surface area (Å²) in [6, 6.07) is 0. The lowest BCUT2D eigenvalue weighted by Gasteiger charge is -2.25. The average molecular weight is 175 g/mol. The number of rotatable bonds is 1. The smallest absolute Gasteiger partial charge is 0.251 e. The van der Waals surface area contributed by atoms with Crippen molar-refractivity contribution in [2.24, 2.45) is 10.9 Å². The lowest BCUT2D eigenvalue weighted by Crippen LogP contribution is -2.59. The van der Waals surface area contributed by atoms with Crippen LogP contribution < -0.4 is 16.2 Å². The van der Waals surface area contributed by atoms with Crippen molar-refractivity contribution < 1.29 is 8.42 Å². The molecule has 1 aliphatic heterocycles. The van der Waals surface area contributed by atoms with E-state index in [2.05, 4.69) is 5.32 Å². The third kappa shape index (κ3) is 1.42. The summed E-state index contributed by atoms with van der Waals surface area (Å²) < 4.78 is 21.6. The second-order valence-electron chi connectivity index (χ2n) is 2.20. The van der Waals surface area contributed by atoms with Gasteiger partial charge in [0.25, 0.3) is 10.0 Å². The van der Waals surface area contributed by atoms with E-state index in [-0.39, 0.29) is 0 Å². The van der Waals surface area contributed by atoms with E-state index in [1.54, 1.807) is 6.08 Å². The van der Waals surface area contributed by atoms with Gasteiger partial charge in [-0.05, 0) is 18.4 Å². The number of hydrogen-bond donors (Lipinski definition) is 3. The fourth-order valence-electron chi connectivity index (χ4n) is 0.658. The third-order valence-electron chi connectivity index (χ3n) is 1.33. The Hall–Kier alpha value is -0.850. The van der Waals surface area contributed by atoms with Crippen molar-refractivity contribution in [2.75, 3.05) is 0 Å². The molecule has 0 aliphatic carbocycles. The highest BCUT2D eigenvalue weighted by atomic mass is 32.2. The second-order valence-corrected chi connectivity index (χ2v) is 3.97. The van der Waals surface area contributed by atoms with Crippen LogP contribution in [0, 0.1) is 0 Å². The predicted octanol–water partition coefficient (Wildman–Crippen LogP) is -1.44. The van der Waals surface area contributed by atoms with Crippen molar-refractivity contribution in [1.29, 1.82) is 0 Å². The number of primary sulfonamides is 1. The van der Waals surface area contributed by atoms with E-state index in [4.69, 9.17) is 10.9 Å². The van der Waals surface area contributed by atoms with Gasteiger partial charge in [0.2, 0.25) is 4.99 Å². The van der Waals surface area contributed by atoms with Crippen molar-refractivity contribution in [3.05, 3.63) is 24.4 Å². The molecule has 6 heteroatoms. The molecule has 0 aromatic carbocycles. The van der Waals surface area contributed by atoms with Gasteiger partial charge in [0.05, 0.1) is 0 Å². The molecule has 1 rings (SSSR count). The molecule has 0 saturated carbocycles. The van der Waals surface area contributed by atoms with Crippen molar-refractivity contribution in [3.8, 4) is 0 Å². The highest BCUT2D eigenvalue weighted by molar-refractivity contribution is 7.90. The summed E-state index contributed by atoms with van der Waals surface area (Å²) in [7, 11) is -3.80. The Kier molecular flexibility index (Phi) is 1.75. The molecule has 11 heavy (non-hydrogen) atoms. The molecule has 62 valence electrons. The van der Waals surface area contributed by atoms with Gasteiger partial charge in [-0.25, -0.2) is 13.6 Å². The predicted molar refractivity (Wildman–Crippen MR) is 41.4 cm³/mol. The van der Waals surface area contributed by atoms with Crippen LogP contribution in [0.1, 0.15) is 0 Å². The van der Waals surface area contributed by atoms with Gasteiger partial charge in [-0.15, -0.1) is 0 Å². The van der Waals surface area contributed by atoms with E-state index in [0.717, 1.165) is 0 Å². The Morgan fingerprint density at radius 3 is 2.27 bits per heavy atom. The van der Waals surface area contributed by atoms with Gasteiger partial charge < -0.3 is 5.32 Å². The summed E-state index contributed by atoms with van der Waals surface area (Å²) in [5.41, 5.74) is 5.37. The zero-order valence-corrected chi connectivity index (χ0v) is 6.51. The van der Waals surface area contributed by atoms with Gasteiger partial charge >= 0.3 is 0 Å². The van der Waals surface area contributed by atoms with Crippen LogP contribution in [0.5, 0.6) is 0 Å². The van der Waals surface area contributed by atoms with Crippen LogP contribution in [0.2, 0.25) is 0 Å². The Morgan fingerprint density at radius 1 is 1.36 bits per heavy atom. The van der Waals surface area contributed by atoms with Gasteiger partial charge in [0.1, 0.15) is 0 Å². The number of nitrogens with two attached hydrogens (primary N) is 2. The Labute approximate surface area is 64.8 Å². The lowest BCUT2D eigenvalue weighted by atomic mass is 10.3. The summed E-state index contributed by atoms with van der Waals surface area (Å²) in [6.07, 6.45) is 5.84. The standard InChI is InChI=1S/C5H9N3O2S/c6-5(11(7,9)10)3-1-2-4-8-5/h1-4,8H,6H2,(H2,7,9,10). The maximum Gasteiger partial charge on any atom is 0.251 e. The molecular weight excluding hydrogens is 166 g/mol. The molecule has 0 bridgehead atoms. The molecule has 0 spiro atoms. The molecule has 0 aromatic heterocycles. The van der Waals surface area contributed by atoms with E-state index in [0.29, 0.717) is 0 Å². The van der Waals surface area contributed by atoms with Gasteiger partial charge in [0, 0.05) is 0 Å². The van der Waals surface area contributed by atoms with Gasteiger partial charge in [0.15, 0.2) is 0 Å². The molecule has 1 atom stereocenters. The summed E-state index contributed by atoms with van der Waals surface area (Å²) in [6.45, 7) is 0. The molecule has 1 unspecified atom stereocenters. The molecule has 5 nitrogen and oxygen atoms in total. The van der Waals surface area contributed by atoms with Crippen molar-refractivity contribution >= 4 is 10.0 Å². The summed E-state index contributed by atoms with van der Waals surface area (Å²) in [5.74, 6) is 0. The Bertz CT molecular complexity index is 306. The van der Waals surface area contributed by atoms with Crippen LogP contribution in [0.4, 0.5) is 0 Å². The van der Waals surface area contributed by atoms with E-state index in [9.17, 15) is 8.42 Å². The fraction of sp³-hybridized carbons (Fsp3) is 0.200. The molecule has 0 aromatic rings. The minimum Gasteiger partial charge on any atom is -0.357 e. The Balaban J connectivity index is 3.04. The van der Waals surface area contributed by atoms with E-state index < -0.39 is 15.0 Å². The third-order valence-corrected chi connectivity index (χ3v) is 2.53. The number of hydrogen-bond acceptors (Lipinski definition) is 4. The Morgan fingerprint density at radius 2 is 2.00 bits per heavy atom. The zero-order valence-electron chi connectivity index (χ0n) is 5.69. The molecule has 0 amide bonds. The number of sulfonamides is 1. The molecule has 1 aliphatic rings. The van der Waals surface area contributed by atoms with Crippen LogP contribution in [0.15, 0.2) is 24.4 Å². The summed E-state index contributed by atoms with van der Waals surface area (Å²) in [5, 5.41) is 7.28. The molecule has 0 radical (unpaired) electrons. The van der Waals surface area contributed by atoms with Gasteiger partial charge in [-0.2, -0.15) is 0 Å². The minimum atomic E-state index is -3.80. The maximum atomic E-state index is 10.8. The van der Waals surface area contributed by atoms with Crippen LogP contribution in [0.3, 0.4) is 0 Å². The lowest BCUT2D eigenvalue weighted by molar-refractivity contribution is 0.535. The normalized spacial score (nSPS) is 30.0. The van der Waals surface area contributed by atoms with Crippen molar-refractivity contribution in [1.82, 2.24) is 5.32 Å². The van der Waals surface area contributed by atoms with Gasteiger partial charge in [-0.1, -0.05) is 6.08 Å².